The molecule has 0 fully saturated rings. The van der Waals surface area contributed by atoms with Gasteiger partial charge < -0.3 is 20.6 Å². The van der Waals surface area contributed by atoms with Gasteiger partial charge in [-0.05, 0) is 20.0 Å². The van der Waals surface area contributed by atoms with E-state index in [0.29, 0.717) is 11.6 Å². The Morgan fingerprint density at radius 1 is 1.45 bits per heavy atom. The molecular formula is C13H24N4O2S. The maximum absolute atomic E-state index is 10.9. The van der Waals surface area contributed by atoms with Gasteiger partial charge in [0.2, 0.25) is 0 Å². The van der Waals surface area contributed by atoms with Gasteiger partial charge in [0, 0.05) is 25.0 Å². The number of hydrogen-bond donors (Lipinski definition) is 2. The number of carboxylic acids is 1. The number of nitrogens with zero attached hydrogens (tertiary/aromatic N) is 3. The quantitative estimate of drug-likeness (QED) is 0.752. The van der Waals surface area contributed by atoms with Crippen LogP contribution in [0, 0.1) is 5.92 Å². The minimum absolute atomic E-state index is 0.427. The fourth-order valence-corrected chi connectivity index (χ4v) is 2.62. The molecule has 1 unspecified atom stereocenters. The van der Waals surface area contributed by atoms with Crippen molar-refractivity contribution in [3.63, 3.8) is 0 Å². The van der Waals surface area contributed by atoms with Crippen LogP contribution in [-0.4, -0.2) is 54.7 Å². The van der Waals surface area contributed by atoms with Crippen LogP contribution < -0.4 is 10.6 Å². The first-order valence-electron chi connectivity index (χ1n) is 6.64. The van der Waals surface area contributed by atoms with Gasteiger partial charge in [0.05, 0.1) is 5.69 Å². The van der Waals surface area contributed by atoms with Gasteiger partial charge in [-0.2, -0.15) is 0 Å². The standard InChI is InChI=1S/C13H24N4O2S/c1-9(2)7-17(6-5-16(3)4)13-15-10(8-20-13)11(14)12(18)19/h8-9,11H,5-7,14H2,1-4H3,(H,18,19). The van der Waals surface area contributed by atoms with E-state index in [1.54, 1.807) is 5.38 Å². The number of carboxylic acid groups (broad SMARTS) is 1. The molecule has 6 nitrogen and oxygen atoms in total. The Bertz CT molecular complexity index is 434. The van der Waals surface area contributed by atoms with Gasteiger partial charge in [-0.3, -0.25) is 4.79 Å². The van der Waals surface area contributed by atoms with Gasteiger partial charge in [-0.25, -0.2) is 4.98 Å². The van der Waals surface area contributed by atoms with Crippen LogP contribution in [-0.2, 0) is 4.79 Å². The Hall–Kier alpha value is -1.18. The average molecular weight is 300 g/mol. The van der Waals surface area contributed by atoms with Crippen molar-refractivity contribution in [3.05, 3.63) is 11.1 Å². The lowest BCUT2D eigenvalue weighted by atomic mass is 10.2. The molecule has 114 valence electrons. The summed E-state index contributed by atoms with van der Waals surface area (Å²) in [6.45, 7) is 6.98. The van der Waals surface area contributed by atoms with Crippen LogP contribution >= 0.6 is 11.3 Å². The molecule has 1 rings (SSSR count). The first kappa shape index (κ1) is 16.9. The Labute approximate surface area is 124 Å². The number of carbonyl (C=O) groups is 1. The van der Waals surface area contributed by atoms with Crippen molar-refractivity contribution in [2.75, 3.05) is 38.6 Å². The van der Waals surface area contributed by atoms with Crippen LogP contribution in [0.4, 0.5) is 5.13 Å². The van der Waals surface area contributed by atoms with Crippen molar-refractivity contribution in [1.29, 1.82) is 0 Å². The van der Waals surface area contributed by atoms with Crippen LogP contribution in [0.5, 0.6) is 0 Å². The topological polar surface area (TPSA) is 82.7 Å². The highest BCUT2D eigenvalue weighted by Crippen LogP contribution is 2.24. The lowest BCUT2D eigenvalue weighted by Gasteiger charge is -2.25. The number of aliphatic carboxylic acids is 1. The van der Waals surface area contributed by atoms with Crippen LogP contribution in [0.25, 0.3) is 0 Å². The number of rotatable bonds is 8. The summed E-state index contributed by atoms with van der Waals surface area (Å²) in [5.41, 5.74) is 6.02. The molecule has 0 bridgehead atoms. The second kappa shape index (κ2) is 7.56. The summed E-state index contributed by atoms with van der Waals surface area (Å²) in [4.78, 5) is 19.6. The summed E-state index contributed by atoms with van der Waals surface area (Å²) >= 11 is 1.45. The molecule has 0 spiro atoms. The number of nitrogens with two attached hydrogens (primary N) is 1. The van der Waals surface area contributed by atoms with E-state index in [0.717, 1.165) is 24.8 Å². The molecule has 7 heteroatoms. The summed E-state index contributed by atoms with van der Waals surface area (Å²) in [6.07, 6.45) is 0. The van der Waals surface area contributed by atoms with Crippen LogP contribution in [0.2, 0.25) is 0 Å². The second-order valence-electron chi connectivity index (χ2n) is 5.51. The van der Waals surface area contributed by atoms with E-state index in [-0.39, 0.29) is 0 Å². The van der Waals surface area contributed by atoms with Crippen molar-refractivity contribution in [2.24, 2.45) is 11.7 Å². The minimum atomic E-state index is -1.05. The van der Waals surface area contributed by atoms with Crippen LogP contribution in [0.15, 0.2) is 5.38 Å². The zero-order chi connectivity index (χ0) is 15.3. The average Bonchev–Trinajstić information content (AvgIpc) is 2.82. The van der Waals surface area contributed by atoms with E-state index in [9.17, 15) is 4.79 Å². The Balaban J connectivity index is 2.82. The fourth-order valence-electron chi connectivity index (χ4n) is 1.72. The van der Waals surface area contributed by atoms with E-state index >= 15 is 0 Å². The Kier molecular flexibility index (Phi) is 6.38. The number of thiazole rings is 1. The Morgan fingerprint density at radius 3 is 2.60 bits per heavy atom. The third-order valence-electron chi connectivity index (χ3n) is 2.77. The summed E-state index contributed by atoms with van der Waals surface area (Å²) < 4.78 is 0. The zero-order valence-electron chi connectivity index (χ0n) is 12.5. The van der Waals surface area contributed by atoms with E-state index in [1.807, 2.05) is 14.1 Å². The van der Waals surface area contributed by atoms with Gasteiger partial charge in [-0.1, -0.05) is 13.8 Å². The van der Waals surface area contributed by atoms with E-state index in [1.165, 1.54) is 11.3 Å². The Morgan fingerprint density at radius 2 is 2.10 bits per heavy atom. The second-order valence-corrected chi connectivity index (χ2v) is 6.35. The smallest absolute Gasteiger partial charge is 0.326 e. The van der Waals surface area contributed by atoms with E-state index in [2.05, 4.69) is 28.6 Å². The highest BCUT2D eigenvalue weighted by Gasteiger charge is 2.20. The molecule has 0 saturated heterocycles. The predicted octanol–water partition coefficient (Wildman–Crippen LogP) is 1.25. The molecule has 0 amide bonds. The highest BCUT2D eigenvalue weighted by molar-refractivity contribution is 7.13. The lowest BCUT2D eigenvalue weighted by molar-refractivity contribution is -0.138. The van der Waals surface area contributed by atoms with Crippen LogP contribution in [0.1, 0.15) is 25.6 Å². The fraction of sp³-hybridized carbons (Fsp3) is 0.692. The summed E-state index contributed by atoms with van der Waals surface area (Å²) in [5.74, 6) is -0.539. The predicted molar refractivity (Wildman–Crippen MR) is 82.3 cm³/mol. The minimum Gasteiger partial charge on any atom is -0.480 e. The number of hydrogen-bond acceptors (Lipinski definition) is 6. The van der Waals surface area contributed by atoms with Crippen molar-refractivity contribution < 1.29 is 9.90 Å². The molecule has 0 radical (unpaired) electrons. The van der Waals surface area contributed by atoms with Crippen molar-refractivity contribution >= 4 is 22.4 Å². The first-order valence-corrected chi connectivity index (χ1v) is 7.52. The SMILES string of the molecule is CC(C)CN(CCN(C)C)c1nc(C(N)C(=O)O)cs1. The van der Waals surface area contributed by atoms with Crippen molar-refractivity contribution in [3.8, 4) is 0 Å². The van der Waals surface area contributed by atoms with Gasteiger partial charge in [0.25, 0.3) is 0 Å². The lowest BCUT2D eigenvalue weighted by Crippen LogP contribution is -2.34. The number of anilines is 1. The van der Waals surface area contributed by atoms with Crippen LogP contribution in [0.3, 0.4) is 0 Å². The molecular weight excluding hydrogens is 276 g/mol. The third kappa shape index (κ3) is 5.07. The normalized spacial score (nSPS) is 12.9. The van der Waals surface area contributed by atoms with Crippen molar-refractivity contribution in [1.82, 2.24) is 9.88 Å². The summed E-state index contributed by atoms with van der Waals surface area (Å²) in [5, 5.41) is 11.5. The molecule has 20 heavy (non-hydrogen) atoms. The maximum atomic E-state index is 10.9. The molecule has 1 atom stereocenters. The van der Waals surface area contributed by atoms with Gasteiger partial charge in [0.1, 0.15) is 6.04 Å². The first-order chi connectivity index (χ1) is 9.31. The highest BCUT2D eigenvalue weighted by atomic mass is 32.1. The van der Waals surface area contributed by atoms with Gasteiger partial charge in [-0.15, -0.1) is 11.3 Å². The van der Waals surface area contributed by atoms with Gasteiger partial charge in [0.15, 0.2) is 5.13 Å². The number of likely N-dealkylation sites (N-methyl/N-ethyl adjacent to an activating group) is 1. The largest absolute Gasteiger partial charge is 0.480 e. The van der Waals surface area contributed by atoms with Gasteiger partial charge >= 0.3 is 5.97 Å². The van der Waals surface area contributed by atoms with E-state index in [4.69, 9.17) is 10.8 Å². The summed E-state index contributed by atoms with van der Waals surface area (Å²) in [7, 11) is 4.06. The monoisotopic (exact) mass is 300 g/mol. The van der Waals surface area contributed by atoms with Crippen molar-refractivity contribution in [2.45, 2.75) is 19.9 Å². The molecule has 3 N–H and O–H groups in total. The maximum Gasteiger partial charge on any atom is 0.326 e. The molecule has 1 aromatic rings. The molecule has 0 aromatic carbocycles. The molecule has 0 aliphatic heterocycles. The number of aromatic nitrogens is 1. The molecule has 0 aliphatic carbocycles. The third-order valence-corrected chi connectivity index (χ3v) is 3.69. The molecule has 1 heterocycles. The molecule has 0 aliphatic rings. The van der Waals surface area contributed by atoms with E-state index < -0.39 is 12.0 Å². The molecule has 1 aromatic heterocycles. The zero-order valence-corrected chi connectivity index (χ0v) is 13.4. The summed E-state index contributed by atoms with van der Waals surface area (Å²) in [6, 6.07) is -1.05. The molecule has 0 saturated carbocycles.